The van der Waals surface area contributed by atoms with Gasteiger partial charge in [0.15, 0.2) is 11.7 Å². The van der Waals surface area contributed by atoms with Gasteiger partial charge in [-0.2, -0.15) is 0 Å². The summed E-state index contributed by atoms with van der Waals surface area (Å²) in [6, 6.07) is 7.00. The third-order valence-electron chi connectivity index (χ3n) is 2.42. The predicted molar refractivity (Wildman–Crippen MR) is 72.0 cm³/mol. The molecule has 5 heteroatoms. The molecule has 17 heavy (non-hydrogen) atoms. The highest BCUT2D eigenvalue weighted by molar-refractivity contribution is 14.1. The Bertz CT molecular complexity index is 510. The van der Waals surface area contributed by atoms with Crippen molar-refractivity contribution in [1.82, 2.24) is 0 Å². The molecule has 1 aliphatic rings. The summed E-state index contributed by atoms with van der Waals surface area (Å²) >= 11 is 1.91. The molecule has 0 radical (unpaired) electrons. The number of nitrogens with zero attached hydrogens (tertiary/aromatic N) is 1. The largest absolute Gasteiger partial charge is 0.465 e. The zero-order valence-electron chi connectivity index (χ0n) is 9.14. The Hall–Kier alpha value is -1.24. The van der Waals surface area contributed by atoms with Crippen LogP contribution in [-0.4, -0.2) is 22.1 Å². The average molecular weight is 343 g/mol. The van der Waals surface area contributed by atoms with Gasteiger partial charge in [0.05, 0.1) is 12.3 Å². The molecule has 0 amide bonds. The van der Waals surface area contributed by atoms with Gasteiger partial charge in [0.1, 0.15) is 3.72 Å². The number of carbonyl (C=O) groups excluding carboxylic acids is 2. The molecule has 0 N–H and O–H groups in total. The minimum absolute atomic E-state index is 0.238. The summed E-state index contributed by atoms with van der Waals surface area (Å²) in [5.41, 5.74) is 1.09. The lowest BCUT2D eigenvalue weighted by Gasteiger charge is -2.18. The van der Waals surface area contributed by atoms with Crippen molar-refractivity contribution in [3.8, 4) is 0 Å². The Kier molecular flexibility index (Phi) is 3.56. The lowest BCUT2D eigenvalue weighted by Crippen LogP contribution is -2.33. The van der Waals surface area contributed by atoms with Gasteiger partial charge >= 0.3 is 5.97 Å². The maximum Gasteiger partial charge on any atom is 0.323 e. The first kappa shape index (κ1) is 12.2. The van der Waals surface area contributed by atoms with Crippen molar-refractivity contribution in [2.75, 3.05) is 6.61 Å². The van der Waals surface area contributed by atoms with Gasteiger partial charge in [0.2, 0.25) is 0 Å². The highest BCUT2D eigenvalue weighted by atomic mass is 127. The second-order valence-electron chi connectivity index (χ2n) is 3.50. The number of rotatable bonds is 2. The van der Waals surface area contributed by atoms with Crippen molar-refractivity contribution < 1.29 is 14.3 Å². The van der Waals surface area contributed by atoms with Crippen molar-refractivity contribution >= 4 is 43.7 Å². The van der Waals surface area contributed by atoms with Gasteiger partial charge in [-0.3, -0.25) is 9.59 Å². The summed E-state index contributed by atoms with van der Waals surface area (Å²) < 4.78 is 5.35. The number of halogens is 1. The number of benzene rings is 1. The Morgan fingerprint density at radius 2 is 2.18 bits per heavy atom. The number of aliphatic imine (C=N–C) groups is 1. The lowest BCUT2D eigenvalue weighted by atomic mass is 9.95. The van der Waals surface area contributed by atoms with Gasteiger partial charge in [-0.1, -0.05) is 12.1 Å². The zero-order valence-corrected chi connectivity index (χ0v) is 11.3. The quantitative estimate of drug-likeness (QED) is 0.471. The SMILES string of the molecule is CCOC(=O)C1C(=O)c2ccccc2N=C1I. The monoisotopic (exact) mass is 343 g/mol. The smallest absolute Gasteiger partial charge is 0.323 e. The minimum Gasteiger partial charge on any atom is -0.465 e. The van der Waals surface area contributed by atoms with Gasteiger partial charge in [0, 0.05) is 5.56 Å². The van der Waals surface area contributed by atoms with Crippen LogP contribution in [0.15, 0.2) is 29.3 Å². The first-order chi connectivity index (χ1) is 8.15. The number of hydrogen-bond acceptors (Lipinski definition) is 4. The molecule has 0 aromatic heterocycles. The molecule has 1 aromatic carbocycles. The fourth-order valence-electron chi connectivity index (χ4n) is 1.65. The van der Waals surface area contributed by atoms with E-state index in [-0.39, 0.29) is 12.4 Å². The van der Waals surface area contributed by atoms with E-state index in [4.69, 9.17) is 4.74 Å². The maximum atomic E-state index is 12.2. The van der Waals surface area contributed by atoms with Crippen LogP contribution >= 0.6 is 22.6 Å². The molecule has 0 saturated heterocycles. The van der Waals surface area contributed by atoms with E-state index in [1.807, 2.05) is 28.7 Å². The summed E-state index contributed by atoms with van der Waals surface area (Å²) in [6.45, 7) is 1.97. The number of esters is 1. The second kappa shape index (κ2) is 4.95. The molecule has 4 nitrogen and oxygen atoms in total. The van der Waals surface area contributed by atoms with E-state index in [9.17, 15) is 9.59 Å². The molecule has 1 heterocycles. The molecule has 1 atom stereocenters. The van der Waals surface area contributed by atoms with Crippen LogP contribution in [0.5, 0.6) is 0 Å². The maximum absolute atomic E-state index is 12.2. The van der Waals surface area contributed by atoms with Crippen LogP contribution in [0.3, 0.4) is 0 Å². The molecule has 0 aliphatic carbocycles. The standard InChI is InChI=1S/C12H10INO3/c1-2-17-12(16)9-10(15)7-5-3-4-6-8(7)14-11(9)13/h3-6,9H,2H2,1H3. The molecule has 1 aliphatic heterocycles. The molecule has 2 rings (SSSR count). The molecule has 0 saturated carbocycles. The Balaban J connectivity index is 2.42. The average Bonchev–Trinajstić information content (AvgIpc) is 2.29. The van der Waals surface area contributed by atoms with Crippen LogP contribution in [0.2, 0.25) is 0 Å². The van der Waals surface area contributed by atoms with Crippen molar-refractivity contribution in [3.05, 3.63) is 29.8 Å². The number of para-hydroxylation sites is 1. The highest BCUT2D eigenvalue weighted by Crippen LogP contribution is 2.31. The number of fused-ring (bicyclic) bond motifs is 1. The highest BCUT2D eigenvalue weighted by Gasteiger charge is 2.36. The van der Waals surface area contributed by atoms with E-state index in [1.165, 1.54) is 0 Å². The summed E-state index contributed by atoms with van der Waals surface area (Å²) in [5.74, 6) is -1.66. The molecular weight excluding hydrogens is 333 g/mol. The molecule has 1 aromatic rings. The molecule has 1 unspecified atom stereocenters. The number of carbonyl (C=O) groups is 2. The van der Waals surface area contributed by atoms with Crippen LogP contribution < -0.4 is 0 Å². The fourth-order valence-corrected chi connectivity index (χ4v) is 2.45. The van der Waals surface area contributed by atoms with Gasteiger partial charge in [0.25, 0.3) is 0 Å². The van der Waals surface area contributed by atoms with E-state index < -0.39 is 11.9 Å². The molecule has 0 bridgehead atoms. The Morgan fingerprint density at radius 3 is 2.88 bits per heavy atom. The molecule has 88 valence electrons. The summed E-state index contributed by atoms with van der Waals surface area (Å²) in [6.07, 6.45) is 0. The number of Topliss-reactive ketones (excluding diaryl/α,β-unsaturated/α-hetero) is 1. The summed E-state index contributed by atoms with van der Waals surface area (Å²) in [7, 11) is 0. The first-order valence-corrected chi connectivity index (χ1v) is 6.27. The third-order valence-corrected chi connectivity index (χ3v) is 3.28. The van der Waals surface area contributed by atoms with Crippen molar-refractivity contribution in [3.63, 3.8) is 0 Å². The normalized spacial score (nSPS) is 18.4. The van der Waals surface area contributed by atoms with Gasteiger partial charge < -0.3 is 4.74 Å². The zero-order chi connectivity index (χ0) is 12.4. The number of ketones is 1. The Morgan fingerprint density at radius 1 is 1.47 bits per heavy atom. The summed E-state index contributed by atoms with van der Waals surface area (Å²) in [4.78, 5) is 28.1. The molecular formula is C12H10INO3. The topological polar surface area (TPSA) is 55.7 Å². The van der Waals surface area contributed by atoms with Crippen LogP contribution in [-0.2, 0) is 9.53 Å². The van der Waals surface area contributed by atoms with E-state index in [0.29, 0.717) is 15.0 Å². The van der Waals surface area contributed by atoms with Crippen molar-refractivity contribution in [2.45, 2.75) is 6.92 Å². The lowest BCUT2D eigenvalue weighted by molar-refractivity contribution is -0.144. The predicted octanol–water partition coefficient (Wildman–Crippen LogP) is 2.53. The van der Waals surface area contributed by atoms with Crippen LogP contribution in [0.4, 0.5) is 5.69 Å². The van der Waals surface area contributed by atoms with Gasteiger partial charge in [-0.25, -0.2) is 4.99 Å². The molecule has 0 fully saturated rings. The van der Waals surface area contributed by atoms with Gasteiger partial charge in [-0.05, 0) is 41.6 Å². The minimum atomic E-state index is -0.898. The molecule has 0 spiro atoms. The van der Waals surface area contributed by atoms with E-state index in [2.05, 4.69) is 4.99 Å². The van der Waals surface area contributed by atoms with Crippen LogP contribution in [0, 0.1) is 5.92 Å². The van der Waals surface area contributed by atoms with E-state index in [0.717, 1.165) is 0 Å². The fraction of sp³-hybridized carbons (Fsp3) is 0.250. The van der Waals surface area contributed by atoms with Crippen LogP contribution in [0.25, 0.3) is 0 Å². The van der Waals surface area contributed by atoms with E-state index >= 15 is 0 Å². The first-order valence-electron chi connectivity index (χ1n) is 5.19. The summed E-state index contributed by atoms with van der Waals surface area (Å²) in [5, 5.41) is 0. The number of ether oxygens (including phenoxy) is 1. The van der Waals surface area contributed by atoms with Crippen LogP contribution in [0.1, 0.15) is 17.3 Å². The Labute approximate surface area is 112 Å². The van der Waals surface area contributed by atoms with E-state index in [1.54, 1.807) is 25.1 Å². The van der Waals surface area contributed by atoms with Gasteiger partial charge in [-0.15, -0.1) is 0 Å². The van der Waals surface area contributed by atoms with Crippen molar-refractivity contribution in [2.24, 2.45) is 10.9 Å². The van der Waals surface area contributed by atoms with Crippen molar-refractivity contribution in [1.29, 1.82) is 0 Å². The second-order valence-corrected chi connectivity index (χ2v) is 4.61. The number of hydrogen-bond donors (Lipinski definition) is 0. The third kappa shape index (κ3) is 2.24.